The molecular formula is C34H45N3O6S. The average molecular weight is 624 g/mol. The largest absolute Gasteiger partial charge is 0.493 e. The van der Waals surface area contributed by atoms with E-state index < -0.39 is 28.5 Å². The van der Waals surface area contributed by atoms with Crippen LogP contribution in [0.1, 0.15) is 55.4 Å². The van der Waals surface area contributed by atoms with Crippen LogP contribution < -0.4 is 19.1 Å². The molecule has 2 amide bonds. The molecule has 0 aliphatic heterocycles. The molecule has 0 heterocycles. The molecule has 0 spiro atoms. The maximum atomic E-state index is 14.3. The van der Waals surface area contributed by atoms with E-state index in [2.05, 4.69) is 5.32 Å². The van der Waals surface area contributed by atoms with Gasteiger partial charge in [-0.3, -0.25) is 13.9 Å². The van der Waals surface area contributed by atoms with Crippen molar-refractivity contribution in [2.24, 2.45) is 0 Å². The molecular weight excluding hydrogens is 578 g/mol. The number of carbonyl (C=O) groups excluding carboxylic acids is 2. The Morgan fingerprint density at radius 2 is 1.55 bits per heavy atom. The molecule has 0 saturated heterocycles. The lowest BCUT2D eigenvalue weighted by Crippen LogP contribution is -2.52. The Morgan fingerprint density at radius 1 is 0.886 bits per heavy atom. The van der Waals surface area contributed by atoms with Gasteiger partial charge in [0, 0.05) is 19.2 Å². The van der Waals surface area contributed by atoms with Crippen molar-refractivity contribution in [1.29, 1.82) is 0 Å². The fourth-order valence-corrected chi connectivity index (χ4v) is 6.54. The topological polar surface area (TPSA) is 105 Å². The monoisotopic (exact) mass is 623 g/mol. The molecule has 9 nitrogen and oxygen atoms in total. The Morgan fingerprint density at radius 3 is 2.14 bits per heavy atom. The van der Waals surface area contributed by atoms with E-state index in [0.29, 0.717) is 24.4 Å². The van der Waals surface area contributed by atoms with Crippen molar-refractivity contribution in [3.8, 4) is 11.5 Å². The summed E-state index contributed by atoms with van der Waals surface area (Å²) in [6.45, 7) is 9.73. The number of benzene rings is 3. The molecule has 0 unspecified atom stereocenters. The molecule has 238 valence electrons. The maximum absolute atomic E-state index is 14.3. The summed E-state index contributed by atoms with van der Waals surface area (Å²) >= 11 is 0. The molecule has 1 N–H and O–H groups in total. The first kappa shape index (κ1) is 34.4. The molecule has 0 fully saturated rings. The average Bonchev–Trinajstić information content (AvgIpc) is 2.99. The number of anilines is 1. The fourth-order valence-electron chi connectivity index (χ4n) is 5.12. The van der Waals surface area contributed by atoms with Gasteiger partial charge in [-0.2, -0.15) is 0 Å². The van der Waals surface area contributed by atoms with Crippen molar-refractivity contribution in [2.75, 3.05) is 31.6 Å². The van der Waals surface area contributed by atoms with Crippen LogP contribution in [0, 0.1) is 20.8 Å². The van der Waals surface area contributed by atoms with Gasteiger partial charge >= 0.3 is 0 Å². The highest BCUT2D eigenvalue weighted by atomic mass is 32.2. The molecule has 0 aliphatic carbocycles. The summed E-state index contributed by atoms with van der Waals surface area (Å²) < 4.78 is 40.4. The summed E-state index contributed by atoms with van der Waals surface area (Å²) in [4.78, 5) is 29.2. The third-order valence-electron chi connectivity index (χ3n) is 7.53. The molecule has 0 bridgehead atoms. The molecule has 0 aromatic heterocycles. The summed E-state index contributed by atoms with van der Waals surface area (Å²) in [5.41, 5.74) is 3.89. The van der Waals surface area contributed by atoms with Crippen molar-refractivity contribution in [2.45, 2.75) is 71.4 Å². The highest BCUT2D eigenvalue weighted by molar-refractivity contribution is 7.92. The Kier molecular flexibility index (Phi) is 12.2. The number of rotatable bonds is 15. The van der Waals surface area contributed by atoms with Crippen LogP contribution in [-0.4, -0.2) is 58.5 Å². The van der Waals surface area contributed by atoms with Gasteiger partial charge in [-0.05, 0) is 80.1 Å². The second-order valence-electron chi connectivity index (χ2n) is 10.9. The Labute approximate surface area is 262 Å². The van der Waals surface area contributed by atoms with Crippen molar-refractivity contribution >= 4 is 27.5 Å². The first-order chi connectivity index (χ1) is 21.0. The zero-order valence-electron chi connectivity index (χ0n) is 26.8. The van der Waals surface area contributed by atoms with E-state index in [9.17, 15) is 18.0 Å². The van der Waals surface area contributed by atoms with E-state index in [-0.39, 0.29) is 23.1 Å². The van der Waals surface area contributed by atoms with Crippen LogP contribution in [0.2, 0.25) is 0 Å². The van der Waals surface area contributed by atoms with Crippen LogP contribution >= 0.6 is 0 Å². The number of hydrogen-bond donors (Lipinski definition) is 1. The van der Waals surface area contributed by atoms with Gasteiger partial charge in [0.15, 0.2) is 11.5 Å². The number of nitrogens with one attached hydrogen (secondary N) is 1. The summed E-state index contributed by atoms with van der Waals surface area (Å²) in [5, 5.41) is 2.96. The third kappa shape index (κ3) is 8.31. The number of hydrogen-bond acceptors (Lipinski definition) is 6. The summed E-state index contributed by atoms with van der Waals surface area (Å²) in [6.07, 6.45) is 2.10. The van der Waals surface area contributed by atoms with E-state index in [1.165, 1.54) is 37.3 Å². The minimum absolute atomic E-state index is 0.0584. The quantitative estimate of drug-likeness (QED) is 0.223. The molecule has 0 saturated carbocycles. The van der Waals surface area contributed by atoms with E-state index in [1.807, 2.05) is 65.0 Å². The highest BCUT2D eigenvalue weighted by Gasteiger charge is 2.34. The molecule has 10 heteroatoms. The second-order valence-corrected chi connectivity index (χ2v) is 12.8. The van der Waals surface area contributed by atoms with E-state index >= 15 is 0 Å². The summed E-state index contributed by atoms with van der Waals surface area (Å²) in [5.74, 6) is -0.126. The molecule has 44 heavy (non-hydrogen) atoms. The van der Waals surface area contributed by atoms with Crippen LogP contribution in [0.25, 0.3) is 0 Å². The van der Waals surface area contributed by atoms with Gasteiger partial charge in [0.05, 0.1) is 24.8 Å². The first-order valence-electron chi connectivity index (χ1n) is 14.9. The van der Waals surface area contributed by atoms with Crippen LogP contribution in [0.3, 0.4) is 0 Å². The zero-order chi connectivity index (χ0) is 32.4. The van der Waals surface area contributed by atoms with E-state index in [4.69, 9.17) is 9.47 Å². The first-order valence-corrected chi connectivity index (χ1v) is 16.4. The highest BCUT2D eigenvalue weighted by Crippen LogP contribution is 2.33. The van der Waals surface area contributed by atoms with Crippen molar-refractivity contribution in [3.05, 3.63) is 82.9 Å². The molecule has 1 atom stereocenters. The van der Waals surface area contributed by atoms with Gasteiger partial charge in [-0.1, -0.05) is 50.6 Å². The Bertz CT molecular complexity index is 1540. The van der Waals surface area contributed by atoms with Crippen LogP contribution in [0.15, 0.2) is 65.6 Å². The van der Waals surface area contributed by atoms with Gasteiger partial charge in [-0.25, -0.2) is 8.42 Å². The second kappa shape index (κ2) is 15.6. The lowest BCUT2D eigenvalue weighted by Gasteiger charge is -2.33. The lowest BCUT2D eigenvalue weighted by atomic mass is 10.1. The molecule has 0 aliphatic rings. The summed E-state index contributed by atoms with van der Waals surface area (Å²) in [6, 6.07) is 16.6. The smallest absolute Gasteiger partial charge is 0.264 e. The SMILES string of the molecule is CCCCNC(=O)[C@@H](CC)N(Cc1ccccc1C)C(=O)CN(c1cc(C)cc(C)c1)S(=O)(=O)c1ccc(OC)c(OC)c1. The molecule has 3 aromatic carbocycles. The zero-order valence-corrected chi connectivity index (χ0v) is 27.7. The molecule has 3 aromatic rings. The lowest BCUT2D eigenvalue weighted by molar-refractivity contribution is -0.140. The number of unbranched alkanes of at least 4 members (excludes halogenated alkanes) is 1. The van der Waals surface area contributed by atoms with E-state index in [1.54, 1.807) is 12.1 Å². The standard InChI is InChI=1S/C34H45N3O6S/c1-8-10-17-35-34(39)30(9-2)36(22-27-14-12-11-13-26(27)5)33(38)23-37(28-19-24(3)18-25(4)20-28)44(40,41)29-15-16-31(42-6)32(21-29)43-7/h11-16,18-21,30H,8-10,17,22-23H2,1-7H3,(H,35,39)/t30-/m1/s1. The maximum Gasteiger partial charge on any atom is 0.264 e. The number of nitrogens with zero attached hydrogens (tertiary/aromatic N) is 2. The molecule has 3 rings (SSSR count). The predicted molar refractivity (Wildman–Crippen MR) is 174 cm³/mol. The van der Waals surface area contributed by atoms with E-state index in [0.717, 1.165) is 39.4 Å². The minimum Gasteiger partial charge on any atom is -0.493 e. The van der Waals surface area contributed by atoms with Crippen LogP contribution in [-0.2, 0) is 26.2 Å². The van der Waals surface area contributed by atoms with Gasteiger partial charge in [0.2, 0.25) is 11.8 Å². The van der Waals surface area contributed by atoms with Gasteiger partial charge < -0.3 is 19.7 Å². The normalized spacial score (nSPS) is 11.9. The van der Waals surface area contributed by atoms with Gasteiger partial charge in [0.25, 0.3) is 10.0 Å². The van der Waals surface area contributed by atoms with Crippen LogP contribution in [0.4, 0.5) is 5.69 Å². The fraction of sp³-hybridized carbons (Fsp3) is 0.412. The number of aryl methyl sites for hydroxylation is 3. The predicted octanol–water partition coefficient (Wildman–Crippen LogP) is 5.55. The van der Waals surface area contributed by atoms with Gasteiger partial charge in [0.1, 0.15) is 12.6 Å². The third-order valence-corrected chi connectivity index (χ3v) is 9.30. The van der Waals surface area contributed by atoms with Crippen molar-refractivity contribution in [1.82, 2.24) is 10.2 Å². The number of sulfonamides is 1. The van der Waals surface area contributed by atoms with Crippen molar-refractivity contribution in [3.63, 3.8) is 0 Å². The van der Waals surface area contributed by atoms with Crippen molar-refractivity contribution < 1.29 is 27.5 Å². The number of carbonyl (C=O) groups is 2. The molecule has 0 radical (unpaired) electrons. The summed E-state index contributed by atoms with van der Waals surface area (Å²) in [7, 11) is -1.38. The Hall–Kier alpha value is -4.05. The number of methoxy groups -OCH3 is 2. The Balaban J connectivity index is 2.12. The van der Waals surface area contributed by atoms with Crippen LogP contribution in [0.5, 0.6) is 11.5 Å². The van der Waals surface area contributed by atoms with Gasteiger partial charge in [-0.15, -0.1) is 0 Å². The minimum atomic E-state index is -4.28. The number of amides is 2. The number of ether oxygens (including phenoxy) is 2.